The average Bonchev–Trinajstić information content (AvgIpc) is 3.57. The fourth-order valence-corrected chi connectivity index (χ4v) is 10.1. The molecule has 3 aliphatic heterocycles. The molecule has 1 spiro atoms. The van der Waals surface area contributed by atoms with Gasteiger partial charge in [-0.05, 0) is 55.5 Å². The number of benzene rings is 2. The van der Waals surface area contributed by atoms with Gasteiger partial charge in [-0.1, -0.05) is 67.9 Å². The lowest BCUT2D eigenvalue weighted by molar-refractivity contribution is -0.147. The number of rotatable bonds is 12. The number of halogens is 1. The Kier molecular flexibility index (Phi) is 9.36. The summed E-state index contributed by atoms with van der Waals surface area (Å²) in [5.74, 6) is -1.98. The second-order valence-electron chi connectivity index (χ2n) is 12.7. The summed E-state index contributed by atoms with van der Waals surface area (Å²) in [4.78, 5) is 49.3. The van der Waals surface area contributed by atoms with E-state index in [9.17, 15) is 19.5 Å². The van der Waals surface area contributed by atoms with Crippen LogP contribution in [0.4, 0.5) is 5.69 Å². The van der Waals surface area contributed by atoms with E-state index in [0.717, 1.165) is 5.56 Å². The van der Waals surface area contributed by atoms with Crippen molar-refractivity contribution in [2.45, 2.75) is 61.7 Å². The van der Waals surface area contributed by atoms with Crippen LogP contribution in [0.5, 0.6) is 0 Å². The van der Waals surface area contributed by atoms with Crippen molar-refractivity contribution in [2.75, 3.05) is 24.6 Å². The van der Waals surface area contributed by atoms with Crippen LogP contribution in [0, 0.1) is 17.8 Å². The maximum atomic E-state index is 14.9. The lowest BCUT2D eigenvalue weighted by Crippen LogP contribution is -2.58. The lowest BCUT2D eigenvalue weighted by Gasteiger charge is -2.40. The van der Waals surface area contributed by atoms with Crippen LogP contribution in [0.15, 0.2) is 79.9 Å². The van der Waals surface area contributed by atoms with E-state index in [1.54, 1.807) is 62.9 Å². The van der Waals surface area contributed by atoms with Crippen LogP contribution in [0.2, 0.25) is 5.02 Å². The highest BCUT2D eigenvalue weighted by molar-refractivity contribution is 8.02. The van der Waals surface area contributed by atoms with Crippen LogP contribution in [0.25, 0.3) is 0 Å². The number of anilines is 1. The Balaban J connectivity index is 1.60. The smallest absolute Gasteiger partial charge is 0.251 e. The van der Waals surface area contributed by atoms with E-state index >= 15 is 0 Å². The van der Waals surface area contributed by atoms with Gasteiger partial charge in [0, 0.05) is 35.1 Å². The van der Waals surface area contributed by atoms with Gasteiger partial charge in [0.15, 0.2) is 0 Å². The molecule has 3 saturated heterocycles. The van der Waals surface area contributed by atoms with Gasteiger partial charge >= 0.3 is 0 Å². The van der Waals surface area contributed by atoms with E-state index in [-0.39, 0.29) is 36.8 Å². The summed E-state index contributed by atoms with van der Waals surface area (Å²) >= 11 is 7.81. The quantitative estimate of drug-likeness (QED) is 0.309. The third kappa shape index (κ3) is 5.39. The molecule has 0 aromatic heterocycles. The van der Waals surface area contributed by atoms with Crippen molar-refractivity contribution in [1.82, 2.24) is 9.80 Å². The molecule has 234 valence electrons. The number of amides is 3. The largest absolute Gasteiger partial charge is 0.394 e. The fourth-order valence-electron chi connectivity index (χ4n) is 7.61. The molecule has 0 saturated carbocycles. The summed E-state index contributed by atoms with van der Waals surface area (Å²) in [6, 6.07) is 15.4. The van der Waals surface area contributed by atoms with E-state index in [2.05, 4.69) is 20.1 Å². The molecule has 3 heterocycles. The lowest BCUT2D eigenvalue weighted by atomic mass is 9.66. The Labute approximate surface area is 269 Å². The zero-order valence-electron chi connectivity index (χ0n) is 25.7. The van der Waals surface area contributed by atoms with Crippen molar-refractivity contribution in [3.8, 4) is 0 Å². The molecule has 2 aromatic carbocycles. The molecule has 44 heavy (non-hydrogen) atoms. The van der Waals surface area contributed by atoms with Gasteiger partial charge in [-0.2, -0.15) is 0 Å². The second-order valence-corrected chi connectivity index (χ2v) is 15.0. The first-order valence-corrected chi connectivity index (χ1v) is 16.5. The number of thioether (sulfide) groups is 1. The predicted octanol–water partition coefficient (Wildman–Crippen LogP) is 5.57. The predicted molar refractivity (Wildman–Crippen MR) is 177 cm³/mol. The Morgan fingerprint density at radius 3 is 2.32 bits per heavy atom. The summed E-state index contributed by atoms with van der Waals surface area (Å²) in [6.45, 7) is 14.5. The number of aliphatic hydroxyl groups is 1. The van der Waals surface area contributed by atoms with Crippen molar-refractivity contribution in [3.05, 3.63) is 90.5 Å². The van der Waals surface area contributed by atoms with Crippen LogP contribution < -0.4 is 4.90 Å². The number of nitrogens with zero attached hydrogens (tertiary/aromatic N) is 3. The summed E-state index contributed by atoms with van der Waals surface area (Å²) in [5.41, 5.74) is 1.64. The van der Waals surface area contributed by atoms with Gasteiger partial charge in [0.25, 0.3) is 5.91 Å². The molecule has 2 aromatic rings. The topological polar surface area (TPSA) is 81.2 Å². The van der Waals surface area contributed by atoms with Crippen LogP contribution in [-0.4, -0.2) is 73.9 Å². The number of carbonyl (C=O) groups excluding carboxylic acids is 3. The molecule has 1 N–H and O–H groups in total. The standard InChI is InChI=1S/C35H42ClN3O4S/c1-6-19-37(21-24-11-9-8-10-12-24)31(41)28-29-32(42)39(27(22-40)23(3)4)30(35(29)18-17-34(28,5)44-35)33(43)38(20-7-2)26-15-13-25(36)14-16-26/h6-16,23,27-30,40H,1-2,17-22H2,3-5H3/t27-,28-,29-,30?,34+,35?/m0/s1. The minimum Gasteiger partial charge on any atom is -0.394 e. The van der Waals surface area contributed by atoms with Gasteiger partial charge < -0.3 is 19.8 Å². The molecular formula is C35H42ClN3O4S. The summed E-state index contributed by atoms with van der Waals surface area (Å²) in [6.07, 6.45) is 4.71. The van der Waals surface area contributed by atoms with Gasteiger partial charge in [-0.25, -0.2) is 0 Å². The monoisotopic (exact) mass is 635 g/mol. The zero-order valence-corrected chi connectivity index (χ0v) is 27.3. The normalized spacial score (nSPS) is 27.7. The van der Waals surface area contributed by atoms with E-state index in [1.807, 2.05) is 44.2 Å². The molecule has 7 nitrogen and oxygen atoms in total. The van der Waals surface area contributed by atoms with Gasteiger partial charge in [-0.3, -0.25) is 14.4 Å². The molecule has 2 bridgehead atoms. The summed E-state index contributed by atoms with van der Waals surface area (Å²) < 4.78 is -1.34. The highest BCUT2D eigenvalue weighted by Gasteiger charge is 2.78. The number of fused-ring (bicyclic) bond motifs is 1. The highest BCUT2D eigenvalue weighted by Crippen LogP contribution is 2.72. The summed E-state index contributed by atoms with van der Waals surface area (Å²) in [5, 5.41) is 11.2. The van der Waals surface area contributed by atoms with Crippen LogP contribution in [0.3, 0.4) is 0 Å². The van der Waals surface area contributed by atoms with Gasteiger partial charge in [0.05, 0.1) is 29.2 Å². The number of aliphatic hydroxyl groups excluding tert-OH is 1. The third-order valence-electron chi connectivity index (χ3n) is 9.62. The third-order valence-corrected chi connectivity index (χ3v) is 11.9. The molecule has 0 aliphatic carbocycles. The van der Waals surface area contributed by atoms with Crippen molar-refractivity contribution >= 4 is 46.8 Å². The Morgan fingerprint density at radius 1 is 1.07 bits per heavy atom. The molecule has 3 amide bonds. The Morgan fingerprint density at radius 2 is 1.73 bits per heavy atom. The van der Waals surface area contributed by atoms with Crippen molar-refractivity contribution in [1.29, 1.82) is 0 Å². The van der Waals surface area contributed by atoms with Crippen molar-refractivity contribution < 1.29 is 19.5 Å². The molecule has 2 unspecified atom stereocenters. The maximum Gasteiger partial charge on any atom is 0.251 e. The minimum atomic E-state index is -0.859. The number of likely N-dealkylation sites (tertiary alicyclic amines) is 1. The second kappa shape index (κ2) is 12.7. The van der Waals surface area contributed by atoms with E-state index in [0.29, 0.717) is 36.6 Å². The molecule has 9 heteroatoms. The van der Waals surface area contributed by atoms with Crippen molar-refractivity contribution in [2.24, 2.45) is 17.8 Å². The van der Waals surface area contributed by atoms with Crippen LogP contribution in [-0.2, 0) is 20.9 Å². The Hall–Kier alpha value is -3.07. The fraction of sp³-hybridized carbons (Fsp3) is 0.457. The zero-order chi connectivity index (χ0) is 31.8. The molecule has 3 fully saturated rings. The molecule has 3 aliphatic rings. The van der Waals surface area contributed by atoms with Gasteiger partial charge in [0.2, 0.25) is 11.8 Å². The molecular weight excluding hydrogens is 594 g/mol. The number of hydrogen-bond acceptors (Lipinski definition) is 5. The van der Waals surface area contributed by atoms with Crippen molar-refractivity contribution in [3.63, 3.8) is 0 Å². The van der Waals surface area contributed by atoms with E-state index in [4.69, 9.17) is 11.6 Å². The highest BCUT2D eigenvalue weighted by atomic mass is 35.5. The average molecular weight is 636 g/mol. The maximum absolute atomic E-state index is 14.9. The van der Waals surface area contributed by atoms with Crippen LogP contribution >= 0.6 is 23.4 Å². The minimum absolute atomic E-state index is 0.0949. The van der Waals surface area contributed by atoms with Gasteiger partial charge in [0.1, 0.15) is 6.04 Å². The first-order valence-electron chi connectivity index (χ1n) is 15.3. The summed E-state index contributed by atoms with van der Waals surface area (Å²) in [7, 11) is 0. The number of hydrogen-bond donors (Lipinski definition) is 1. The SMILES string of the molecule is C=CCN(Cc1ccccc1)C(=O)[C@@H]1[C@H]2C(=O)N([C@@H](CO)C(C)C)C(C(=O)N(CC=C)c3ccc(Cl)cc3)C23CC[C@@]1(C)S3. The van der Waals surface area contributed by atoms with Crippen LogP contribution in [0.1, 0.15) is 39.2 Å². The molecule has 5 rings (SSSR count). The first-order chi connectivity index (χ1) is 21.0. The molecule has 0 radical (unpaired) electrons. The van der Waals surface area contributed by atoms with E-state index in [1.165, 1.54) is 0 Å². The first kappa shape index (κ1) is 32.3. The van der Waals surface area contributed by atoms with Gasteiger partial charge in [-0.15, -0.1) is 24.9 Å². The number of carbonyl (C=O) groups is 3. The Bertz CT molecular complexity index is 1420. The van der Waals surface area contributed by atoms with E-state index < -0.39 is 33.4 Å². The molecule has 6 atom stereocenters.